The maximum Gasteiger partial charge on any atom is 0.495 e. The molecule has 1 fully saturated rings. The van der Waals surface area contributed by atoms with Crippen molar-refractivity contribution in [2.75, 3.05) is 13.9 Å². The number of benzene rings is 1. The van der Waals surface area contributed by atoms with Gasteiger partial charge in [0, 0.05) is 7.11 Å². The fraction of sp³-hybridized carbons (Fsp3) is 0.600. The second-order valence-corrected chi connectivity index (χ2v) is 6.39. The van der Waals surface area contributed by atoms with Gasteiger partial charge in [0.25, 0.3) is 0 Å². The first kappa shape index (κ1) is 18.1. The summed E-state index contributed by atoms with van der Waals surface area (Å²) in [5.41, 5.74) is -2.38. The number of methoxy groups -OCH3 is 1. The van der Waals surface area contributed by atoms with Gasteiger partial charge < -0.3 is 18.8 Å². The predicted molar refractivity (Wildman–Crippen MR) is 79.7 cm³/mol. The fourth-order valence-corrected chi connectivity index (χ4v) is 2.18. The van der Waals surface area contributed by atoms with Gasteiger partial charge in [-0.3, -0.25) is 0 Å². The lowest BCUT2D eigenvalue weighted by Crippen LogP contribution is -2.41. The number of alkyl halides is 3. The Morgan fingerprint density at radius 1 is 1.09 bits per heavy atom. The lowest BCUT2D eigenvalue weighted by Gasteiger charge is -2.32. The van der Waals surface area contributed by atoms with Crippen LogP contribution in [0.2, 0.25) is 0 Å². The van der Waals surface area contributed by atoms with Crippen molar-refractivity contribution in [2.24, 2.45) is 0 Å². The molecule has 0 bridgehead atoms. The van der Waals surface area contributed by atoms with Gasteiger partial charge in [0.05, 0.1) is 16.8 Å². The average Bonchev–Trinajstić information content (AvgIpc) is 2.64. The molecule has 2 rings (SSSR count). The summed E-state index contributed by atoms with van der Waals surface area (Å²) in [5.74, 6) is 0.254. The molecule has 8 heteroatoms. The zero-order valence-corrected chi connectivity index (χ0v) is 13.8. The van der Waals surface area contributed by atoms with E-state index in [9.17, 15) is 13.2 Å². The highest BCUT2D eigenvalue weighted by Gasteiger charge is 2.53. The van der Waals surface area contributed by atoms with E-state index >= 15 is 0 Å². The quantitative estimate of drug-likeness (QED) is 0.627. The van der Waals surface area contributed by atoms with E-state index < -0.39 is 30.1 Å². The second kappa shape index (κ2) is 6.00. The van der Waals surface area contributed by atoms with Gasteiger partial charge in [-0.15, -0.1) is 0 Å². The van der Waals surface area contributed by atoms with E-state index in [-0.39, 0.29) is 18.0 Å². The third kappa shape index (κ3) is 3.64. The molecule has 0 N–H and O–H groups in total. The molecule has 0 atom stereocenters. The molecule has 0 radical (unpaired) electrons. The van der Waals surface area contributed by atoms with Gasteiger partial charge in [0.15, 0.2) is 6.79 Å². The van der Waals surface area contributed by atoms with Crippen LogP contribution in [0.3, 0.4) is 0 Å². The summed E-state index contributed by atoms with van der Waals surface area (Å²) in [6, 6.07) is 3.49. The molecule has 1 saturated heterocycles. The molecule has 1 aromatic carbocycles. The molecule has 0 aromatic heterocycles. The molecule has 1 aliphatic rings. The van der Waals surface area contributed by atoms with Crippen molar-refractivity contribution in [2.45, 2.75) is 45.1 Å². The summed E-state index contributed by atoms with van der Waals surface area (Å²) in [7, 11) is 0.307. The van der Waals surface area contributed by atoms with Gasteiger partial charge in [0.1, 0.15) is 5.75 Å². The van der Waals surface area contributed by atoms with Gasteiger partial charge in [-0.1, -0.05) is 0 Å². The van der Waals surface area contributed by atoms with Crippen molar-refractivity contribution in [3.63, 3.8) is 0 Å². The van der Waals surface area contributed by atoms with Crippen LogP contribution >= 0.6 is 0 Å². The van der Waals surface area contributed by atoms with E-state index in [1.807, 2.05) is 0 Å². The van der Waals surface area contributed by atoms with E-state index in [1.54, 1.807) is 27.7 Å². The Kier molecular flexibility index (Phi) is 4.72. The Bertz CT molecular complexity index is 556. The van der Waals surface area contributed by atoms with Crippen LogP contribution in [0, 0.1) is 0 Å². The topological polar surface area (TPSA) is 36.9 Å². The minimum atomic E-state index is -4.52. The number of halogens is 3. The Balaban J connectivity index is 2.42. The minimum absolute atomic E-state index is 0.0613. The fourth-order valence-electron chi connectivity index (χ4n) is 2.18. The molecular formula is C15H20BF3O4. The molecule has 0 unspecified atom stereocenters. The van der Waals surface area contributed by atoms with Crippen molar-refractivity contribution in [1.29, 1.82) is 0 Å². The summed E-state index contributed by atoms with van der Waals surface area (Å²) in [4.78, 5) is 0. The molecule has 128 valence electrons. The van der Waals surface area contributed by atoms with E-state index in [1.165, 1.54) is 19.2 Å². The van der Waals surface area contributed by atoms with Crippen LogP contribution in [0.15, 0.2) is 18.2 Å². The average molecular weight is 332 g/mol. The van der Waals surface area contributed by atoms with Crippen LogP contribution in [0.1, 0.15) is 33.3 Å². The SMILES string of the molecule is COCOc1ccc(C(F)(F)F)c(B2OC(C)(C)C(C)(C)O2)c1. The number of ether oxygens (including phenoxy) is 2. The maximum atomic E-state index is 13.3. The molecule has 1 aromatic rings. The number of rotatable bonds is 4. The molecule has 0 spiro atoms. The van der Waals surface area contributed by atoms with Crippen LogP contribution in [-0.4, -0.2) is 32.2 Å². The Morgan fingerprint density at radius 2 is 1.65 bits per heavy atom. The number of hydrogen-bond donors (Lipinski definition) is 0. The van der Waals surface area contributed by atoms with Crippen LogP contribution in [0.4, 0.5) is 13.2 Å². The Labute approximate surface area is 134 Å². The lowest BCUT2D eigenvalue weighted by atomic mass is 9.75. The lowest BCUT2D eigenvalue weighted by molar-refractivity contribution is -0.136. The van der Waals surface area contributed by atoms with Gasteiger partial charge in [-0.25, -0.2) is 0 Å². The normalized spacial score (nSPS) is 19.9. The Hall–Kier alpha value is -1.25. The highest BCUT2D eigenvalue weighted by atomic mass is 19.4. The van der Waals surface area contributed by atoms with E-state index in [0.717, 1.165) is 6.07 Å². The van der Waals surface area contributed by atoms with E-state index in [2.05, 4.69) is 0 Å². The highest BCUT2D eigenvalue weighted by Crippen LogP contribution is 2.38. The first-order valence-electron chi connectivity index (χ1n) is 7.16. The van der Waals surface area contributed by atoms with Crippen molar-refractivity contribution in [3.8, 4) is 5.75 Å². The van der Waals surface area contributed by atoms with Crippen LogP contribution < -0.4 is 10.2 Å². The van der Waals surface area contributed by atoms with Gasteiger partial charge in [-0.2, -0.15) is 13.2 Å². The standard InChI is InChI=1S/C15H20BF3O4/c1-13(2)14(3,4)23-16(22-13)12-8-10(21-9-20-5)6-7-11(12)15(17,18)19/h6-8H,9H2,1-5H3. The molecule has 1 heterocycles. The summed E-state index contributed by atoms with van der Waals surface area (Å²) < 4.78 is 61.3. The number of hydrogen-bond acceptors (Lipinski definition) is 4. The molecule has 1 aliphatic heterocycles. The zero-order chi connectivity index (χ0) is 17.5. The first-order chi connectivity index (χ1) is 10.5. The molecule has 0 amide bonds. The van der Waals surface area contributed by atoms with Crippen LogP contribution in [-0.2, 0) is 20.2 Å². The van der Waals surface area contributed by atoms with Gasteiger partial charge in [0.2, 0.25) is 0 Å². The van der Waals surface area contributed by atoms with E-state index in [0.29, 0.717) is 0 Å². The van der Waals surface area contributed by atoms with Crippen LogP contribution in [0.5, 0.6) is 5.75 Å². The monoisotopic (exact) mass is 332 g/mol. The molecule has 23 heavy (non-hydrogen) atoms. The van der Waals surface area contributed by atoms with Crippen LogP contribution in [0.25, 0.3) is 0 Å². The molecule has 4 nitrogen and oxygen atoms in total. The largest absolute Gasteiger partial charge is 0.495 e. The third-order valence-corrected chi connectivity index (χ3v) is 4.18. The first-order valence-corrected chi connectivity index (χ1v) is 7.16. The highest BCUT2D eigenvalue weighted by molar-refractivity contribution is 6.62. The summed E-state index contributed by atoms with van der Waals surface area (Å²) in [5, 5.41) is 0. The van der Waals surface area contributed by atoms with E-state index in [4.69, 9.17) is 18.8 Å². The molecule has 0 aliphatic carbocycles. The van der Waals surface area contributed by atoms with Gasteiger partial charge in [-0.05, 0) is 51.4 Å². The van der Waals surface area contributed by atoms with Crippen molar-refractivity contribution < 1.29 is 32.0 Å². The second-order valence-electron chi connectivity index (χ2n) is 6.39. The van der Waals surface area contributed by atoms with Crippen molar-refractivity contribution in [1.82, 2.24) is 0 Å². The molecule has 0 saturated carbocycles. The Morgan fingerprint density at radius 3 is 2.13 bits per heavy atom. The molecular weight excluding hydrogens is 312 g/mol. The van der Waals surface area contributed by atoms with Crippen molar-refractivity contribution >= 4 is 12.6 Å². The maximum absolute atomic E-state index is 13.3. The zero-order valence-electron chi connectivity index (χ0n) is 13.8. The predicted octanol–water partition coefficient (Wildman–Crippen LogP) is 2.99. The summed E-state index contributed by atoms with van der Waals surface area (Å²) in [6.45, 7) is 7.07. The minimum Gasteiger partial charge on any atom is -0.468 e. The van der Waals surface area contributed by atoms with Gasteiger partial charge >= 0.3 is 13.3 Å². The summed E-state index contributed by atoms with van der Waals surface area (Å²) >= 11 is 0. The third-order valence-electron chi connectivity index (χ3n) is 4.18. The summed E-state index contributed by atoms with van der Waals surface area (Å²) in [6.07, 6.45) is -4.52. The smallest absolute Gasteiger partial charge is 0.468 e. The van der Waals surface area contributed by atoms with Crippen molar-refractivity contribution in [3.05, 3.63) is 23.8 Å².